The molecule has 128 valence electrons. The topological polar surface area (TPSA) is 75.1 Å². The molecule has 5 nitrogen and oxygen atoms in total. The van der Waals surface area contributed by atoms with Crippen LogP contribution in [0, 0.1) is 17.1 Å². The van der Waals surface area contributed by atoms with E-state index in [1.165, 1.54) is 30.5 Å². The molecule has 0 spiro atoms. The molecule has 3 aromatic rings. The van der Waals surface area contributed by atoms with Gasteiger partial charge in [0.1, 0.15) is 30.7 Å². The molecule has 26 heavy (non-hydrogen) atoms. The zero-order valence-corrected chi connectivity index (χ0v) is 13.6. The molecule has 0 saturated carbocycles. The smallest absolute Gasteiger partial charge is 0.205 e. The molecule has 6 heteroatoms. The first-order chi connectivity index (χ1) is 12.7. The van der Waals surface area contributed by atoms with E-state index in [9.17, 15) is 14.4 Å². The number of hydrogen-bond donors (Lipinski definition) is 1. The lowest BCUT2D eigenvalue weighted by atomic mass is 10.0. The summed E-state index contributed by atoms with van der Waals surface area (Å²) in [6, 6.07) is 11.3. The second-order valence-corrected chi connectivity index (χ2v) is 5.79. The van der Waals surface area contributed by atoms with Crippen LogP contribution in [0.5, 0.6) is 11.5 Å². The van der Waals surface area contributed by atoms with Gasteiger partial charge in [-0.05, 0) is 42.0 Å². The maximum Gasteiger partial charge on any atom is 0.205 e. The van der Waals surface area contributed by atoms with Crippen LogP contribution < -0.4 is 9.47 Å². The minimum atomic E-state index is -0.430. The maximum absolute atomic E-state index is 13.3. The van der Waals surface area contributed by atoms with E-state index < -0.39 is 11.6 Å². The molecule has 2 aromatic carbocycles. The molecule has 0 aliphatic carbocycles. The van der Waals surface area contributed by atoms with Crippen molar-refractivity contribution in [2.24, 2.45) is 0 Å². The van der Waals surface area contributed by atoms with Gasteiger partial charge in [-0.1, -0.05) is 6.07 Å². The van der Waals surface area contributed by atoms with E-state index in [-0.39, 0.29) is 5.57 Å². The van der Waals surface area contributed by atoms with Crippen LogP contribution in [0.4, 0.5) is 4.39 Å². The Kier molecular flexibility index (Phi) is 3.90. The first-order valence-electron chi connectivity index (χ1n) is 7.98. The number of halogens is 1. The maximum atomic E-state index is 13.3. The first kappa shape index (κ1) is 15.9. The standard InChI is InChI=1S/C20H13FN2O3/c21-14-2-3-15-16(11-23-17(15)9-14)20(24)13(10-22)7-12-1-4-18-19(8-12)26-6-5-25-18/h1-4,7-9,11,23H,5-6H2/b13-7+. The van der Waals surface area contributed by atoms with Crippen molar-refractivity contribution in [3.8, 4) is 17.6 Å². The number of nitriles is 1. The number of hydrogen-bond acceptors (Lipinski definition) is 4. The average molecular weight is 348 g/mol. The Balaban J connectivity index is 1.71. The number of fused-ring (bicyclic) bond motifs is 2. The highest BCUT2D eigenvalue weighted by Gasteiger charge is 2.18. The summed E-state index contributed by atoms with van der Waals surface area (Å²) in [5, 5.41) is 10.0. The van der Waals surface area contributed by atoms with E-state index in [4.69, 9.17) is 9.47 Å². The summed E-state index contributed by atoms with van der Waals surface area (Å²) in [7, 11) is 0. The zero-order chi connectivity index (χ0) is 18.1. The molecule has 2 heterocycles. The molecule has 1 N–H and O–H groups in total. The van der Waals surface area contributed by atoms with Gasteiger partial charge in [-0.15, -0.1) is 0 Å². The summed E-state index contributed by atoms with van der Waals surface area (Å²) in [5.74, 6) is 0.389. The fourth-order valence-corrected chi connectivity index (χ4v) is 2.90. The van der Waals surface area contributed by atoms with Crippen LogP contribution in [0.2, 0.25) is 0 Å². The molecular formula is C20H13FN2O3. The summed E-state index contributed by atoms with van der Waals surface area (Å²) < 4.78 is 24.3. The number of rotatable bonds is 3. The molecule has 0 radical (unpaired) electrons. The van der Waals surface area contributed by atoms with Crippen molar-refractivity contribution in [2.75, 3.05) is 13.2 Å². The number of nitrogens with zero attached hydrogens (tertiary/aromatic N) is 1. The van der Waals surface area contributed by atoms with Crippen LogP contribution in [0.25, 0.3) is 17.0 Å². The highest BCUT2D eigenvalue weighted by Crippen LogP contribution is 2.31. The Labute approximate surface area is 148 Å². The van der Waals surface area contributed by atoms with Gasteiger partial charge in [0.25, 0.3) is 0 Å². The predicted octanol–water partition coefficient (Wildman–Crippen LogP) is 3.87. The van der Waals surface area contributed by atoms with E-state index >= 15 is 0 Å². The van der Waals surface area contributed by atoms with E-state index in [1.807, 2.05) is 6.07 Å². The van der Waals surface area contributed by atoms with Gasteiger partial charge < -0.3 is 14.5 Å². The van der Waals surface area contributed by atoms with Gasteiger partial charge in [0.05, 0.1) is 0 Å². The van der Waals surface area contributed by atoms with Crippen molar-refractivity contribution in [1.82, 2.24) is 4.98 Å². The number of aromatic nitrogens is 1. The minimum absolute atomic E-state index is 0.0214. The molecule has 0 atom stereocenters. The van der Waals surface area contributed by atoms with Crippen molar-refractivity contribution in [2.45, 2.75) is 0 Å². The summed E-state index contributed by atoms with van der Waals surface area (Å²) >= 11 is 0. The lowest BCUT2D eigenvalue weighted by Gasteiger charge is -2.18. The van der Waals surface area contributed by atoms with Crippen LogP contribution >= 0.6 is 0 Å². The number of carbonyl (C=O) groups excluding carboxylic acids is 1. The highest BCUT2D eigenvalue weighted by molar-refractivity contribution is 6.19. The van der Waals surface area contributed by atoms with Gasteiger partial charge in [0.2, 0.25) is 5.78 Å². The van der Waals surface area contributed by atoms with Gasteiger partial charge >= 0.3 is 0 Å². The zero-order valence-electron chi connectivity index (χ0n) is 13.6. The molecule has 1 aliphatic rings. The minimum Gasteiger partial charge on any atom is -0.486 e. The summed E-state index contributed by atoms with van der Waals surface area (Å²) in [6.45, 7) is 0.946. The van der Waals surface area contributed by atoms with E-state index in [1.54, 1.807) is 18.2 Å². The molecule has 1 aromatic heterocycles. The summed E-state index contributed by atoms with van der Waals surface area (Å²) in [5.41, 5.74) is 1.47. The SMILES string of the molecule is N#C/C(=C\c1ccc2c(c1)OCCO2)C(=O)c1c[nH]c2cc(F)ccc12. The van der Waals surface area contributed by atoms with Gasteiger partial charge in [0, 0.05) is 22.7 Å². The molecule has 0 saturated heterocycles. The van der Waals surface area contributed by atoms with Crippen molar-refractivity contribution in [1.29, 1.82) is 5.26 Å². The number of benzene rings is 2. The van der Waals surface area contributed by atoms with Crippen molar-refractivity contribution in [3.63, 3.8) is 0 Å². The van der Waals surface area contributed by atoms with Crippen molar-refractivity contribution >= 4 is 22.8 Å². The number of nitrogens with one attached hydrogen (secondary N) is 1. The number of allylic oxidation sites excluding steroid dienone is 1. The second kappa shape index (κ2) is 6.37. The third kappa shape index (κ3) is 2.80. The number of carbonyl (C=O) groups is 1. The number of Topliss-reactive ketones (excluding diaryl/α,β-unsaturated/α-hetero) is 1. The fraction of sp³-hybridized carbons (Fsp3) is 0.100. The van der Waals surface area contributed by atoms with Crippen LogP contribution in [-0.2, 0) is 0 Å². The number of H-pyrrole nitrogens is 1. The second-order valence-electron chi connectivity index (χ2n) is 5.79. The summed E-state index contributed by atoms with van der Waals surface area (Å²) in [4.78, 5) is 15.6. The Hall–Kier alpha value is -3.59. The molecule has 0 amide bonds. The Morgan fingerprint density at radius 1 is 1.15 bits per heavy atom. The quantitative estimate of drug-likeness (QED) is 0.443. The predicted molar refractivity (Wildman–Crippen MR) is 93.6 cm³/mol. The molecule has 0 bridgehead atoms. The van der Waals surface area contributed by atoms with Crippen molar-refractivity contribution in [3.05, 3.63) is 65.1 Å². The van der Waals surface area contributed by atoms with Crippen LogP contribution in [-0.4, -0.2) is 24.0 Å². The highest BCUT2D eigenvalue weighted by atomic mass is 19.1. The van der Waals surface area contributed by atoms with Gasteiger partial charge in [0.15, 0.2) is 11.5 Å². The van der Waals surface area contributed by atoms with Gasteiger partial charge in [-0.3, -0.25) is 4.79 Å². The third-order valence-corrected chi connectivity index (χ3v) is 4.13. The lowest BCUT2D eigenvalue weighted by molar-refractivity contribution is 0.104. The van der Waals surface area contributed by atoms with E-state index in [0.29, 0.717) is 46.7 Å². The van der Waals surface area contributed by atoms with Crippen LogP contribution in [0.1, 0.15) is 15.9 Å². The number of ether oxygens (including phenoxy) is 2. The van der Waals surface area contributed by atoms with E-state index in [2.05, 4.69) is 4.98 Å². The Morgan fingerprint density at radius 3 is 2.77 bits per heavy atom. The third-order valence-electron chi connectivity index (χ3n) is 4.13. The van der Waals surface area contributed by atoms with Crippen LogP contribution in [0.15, 0.2) is 48.2 Å². The van der Waals surface area contributed by atoms with Gasteiger partial charge in [-0.25, -0.2) is 4.39 Å². The Bertz CT molecular complexity index is 1090. The fourth-order valence-electron chi connectivity index (χ4n) is 2.90. The first-order valence-corrected chi connectivity index (χ1v) is 7.98. The molecule has 0 unspecified atom stereocenters. The van der Waals surface area contributed by atoms with Crippen molar-refractivity contribution < 1.29 is 18.7 Å². The molecule has 0 fully saturated rings. The number of aromatic amines is 1. The normalized spacial score (nSPS) is 13.5. The van der Waals surface area contributed by atoms with Gasteiger partial charge in [-0.2, -0.15) is 5.26 Å². The van der Waals surface area contributed by atoms with E-state index in [0.717, 1.165) is 0 Å². The number of ketones is 1. The monoisotopic (exact) mass is 348 g/mol. The molecule has 4 rings (SSSR count). The lowest BCUT2D eigenvalue weighted by Crippen LogP contribution is -2.15. The summed E-state index contributed by atoms with van der Waals surface area (Å²) in [6.07, 6.45) is 2.99. The Morgan fingerprint density at radius 2 is 1.96 bits per heavy atom. The largest absolute Gasteiger partial charge is 0.486 e. The molecular weight excluding hydrogens is 335 g/mol. The van der Waals surface area contributed by atoms with Crippen LogP contribution in [0.3, 0.4) is 0 Å². The average Bonchev–Trinajstić information content (AvgIpc) is 3.08. The molecule has 1 aliphatic heterocycles.